The number of rotatable bonds is 7. The zero-order valence-corrected chi connectivity index (χ0v) is 11.2. The van der Waals surface area contributed by atoms with E-state index in [1.807, 2.05) is 27.7 Å². The first-order valence-electron chi connectivity index (χ1n) is 5.81. The van der Waals surface area contributed by atoms with Gasteiger partial charge >= 0.3 is 5.97 Å². The predicted molar refractivity (Wildman–Crippen MR) is 63.8 cm³/mol. The Hall–Kier alpha value is -0.300. The lowest BCUT2D eigenvalue weighted by Crippen LogP contribution is -2.19. The van der Waals surface area contributed by atoms with Crippen molar-refractivity contribution in [3.63, 3.8) is 0 Å². The summed E-state index contributed by atoms with van der Waals surface area (Å²) in [5, 5.41) is 0. The minimum absolute atomic E-state index is 0.216. The van der Waals surface area contributed by atoms with E-state index < -0.39 is 7.14 Å². The number of carbonyl (C=O) groups excluding carboxylic acids is 1. The maximum Gasteiger partial charge on any atom is 0.306 e. The van der Waals surface area contributed by atoms with Crippen LogP contribution in [0, 0.1) is 0 Å². The summed E-state index contributed by atoms with van der Waals surface area (Å²) in [6, 6.07) is 0. The van der Waals surface area contributed by atoms with Crippen LogP contribution in [0.25, 0.3) is 0 Å². The quantitative estimate of drug-likeness (QED) is 0.500. The second kappa shape index (κ2) is 7.05. The molecule has 15 heavy (non-hydrogen) atoms. The van der Waals surface area contributed by atoms with E-state index in [4.69, 9.17) is 4.74 Å². The third kappa shape index (κ3) is 4.38. The van der Waals surface area contributed by atoms with Crippen LogP contribution in [-0.4, -0.2) is 24.1 Å². The van der Waals surface area contributed by atoms with Gasteiger partial charge in [-0.05, 0) is 12.8 Å². The van der Waals surface area contributed by atoms with Gasteiger partial charge in [-0.3, -0.25) is 4.79 Å². The first kappa shape index (κ1) is 14.7. The van der Waals surface area contributed by atoms with E-state index in [9.17, 15) is 9.36 Å². The highest BCUT2D eigenvalue weighted by molar-refractivity contribution is 7.64. The highest BCUT2D eigenvalue weighted by atomic mass is 31.2. The average Bonchev–Trinajstić information content (AvgIpc) is 2.25. The molecule has 0 bridgehead atoms. The maximum absolute atomic E-state index is 12.3. The zero-order chi connectivity index (χ0) is 11.9. The van der Waals surface area contributed by atoms with Crippen molar-refractivity contribution in [2.24, 2.45) is 0 Å². The van der Waals surface area contributed by atoms with Gasteiger partial charge in [0.25, 0.3) is 0 Å². The highest BCUT2D eigenvalue weighted by Gasteiger charge is 2.30. The van der Waals surface area contributed by atoms with Gasteiger partial charge in [0.2, 0.25) is 0 Å². The largest absolute Gasteiger partial charge is 0.454 e. The van der Waals surface area contributed by atoms with Gasteiger partial charge in [0.1, 0.15) is 7.14 Å². The maximum atomic E-state index is 12.3. The molecule has 0 heterocycles. The van der Waals surface area contributed by atoms with E-state index in [-0.39, 0.29) is 11.8 Å². The number of ether oxygens (including phenoxy) is 1. The first-order valence-corrected chi connectivity index (χ1v) is 7.95. The topological polar surface area (TPSA) is 43.4 Å². The second-order valence-electron chi connectivity index (χ2n) is 3.69. The summed E-state index contributed by atoms with van der Waals surface area (Å²) in [6.07, 6.45) is 3.07. The van der Waals surface area contributed by atoms with Crippen molar-refractivity contribution in [2.75, 3.05) is 12.3 Å². The van der Waals surface area contributed by atoms with Crippen molar-refractivity contribution in [3.05, 3.63) is 0 Å². The Morgan fingerprint density at radius 3 is 2.07 bits per heavy atom. The molecule has 0 amide bonds. The number of hydrogen-bond acceptors (Lipinski definition) is 3. The van der Waals surface area contributed by atoms with Crippen LogP contribution in [0.15, 0.2) is 0 Å². The summed E-state index contributed by atoms with van der Waals surface area (Å²) in [6.45, 7) is 7.66. The SMILES string of the molecule is CCCC(=O)OC(CC)P(=O)(CC)CC. The van der Waals surface area contributed by atoms with Gasteiger partial charge in [-0.15, -0.1) is 0 Å². The Morgan fingerprint density at radius 2 is 1.73 bits per heavy atom. The van der Waals surface area contributed by atoms with Gasteiger partial charge in [0.15, 0.2) is 5.85 Å². The van der Waals surface area contributed by atoms with Gasteiger partial charge in [0, 0.05) is 18.7 Å². The lowest BCUT2D eigenvalue weighted by molar-refractivity contribution is -0.145. The molecule has 0 saturated heterocycles. The van der Waals surface area contributed by atoms with Gasteiger partial charge in [-0.1, -0.05) is 27.7 Å². The van der Waals surface area contributed by atoms with Gasteiger partial charge in [-0.25, -0.2) is 0 Å². The molecular weight excluding hydrogens is 211 g/mol. The molecule has 0 spiro atoms. The molecule has 0 aliphatic rings. The van der Waals surface area contributed by atoms with Gasteiger partial charge < -0.3 is 9.30 Å². The summed E-state index contributed by atoms with van der Waals surface area (Å²) in [4.78, 5) is 11.3. The fraction of sp³-hybridized carbons (Fsp3) is 0.909. The van der Waals surface area contributed by atoms with Crippen LogP contribution >= 0.6 is 7.14 Å². The van der Waals surface area contributed by atoms with E-state index in [0.29, 0.717) is 25.2 Å². The Bertz CT molecular complexity index is 230. The van der Waals surface area contributed by atoms with Gasteiger partial charge in [-0.2, -0.15) is 0 Å². The van der Waals surface area contributed by atoms with E-state index >= 15 is 0 Å². The molecule has 0 rings (SSSR count). The van der Waals surface area contributed by atoms with Crippen molar-refractivity contribution < 1.29 is 14.1 Å². The van der Waals surface area contributed by atoms with E-state index in [1.54, 1.807) is 0 Å². The molecule has 4 heteroatoms. The third-order valence-electron chi connectivity index (χ3n) is 2.67. The predicted octanol–water partition coefficient (Wildman–Crippen LogP) is 3.47. The number of hydrogen-bond donors (Lipinski definition) is 0. The zero-order valence-electron chi connectivity index (χ0n) is 10.3. The molecule has 3 nitrogen and oxygen atoms in total. The summed E-state index contributed by atoms with van der Waals surface area (Å²) in [7, 11) is -2.31. The van der Waals surface area contributed by atoms with Crippen molar-refractivity contribution in [1.29, 1.82) is 0 Å². The lowest BCUT2D eigenvalue weighted by Gasteiger charge is -2.24. The van der Waals surface area contributed by atoms with Crippen LogP contribution in [0.1, 0.15) is 47.0 Å². The van der Waals surface area contributed by atoms with Gasteiger partial charge in [0.05, 0.1) is 0 Å². The van der Waals surface area contributed by atoms with E-state index in [1.165, 1.54) is 0 Å². The molecule has 0 aliphatic heterocycles. The monoisotopic (exact) mass is 234 g/mol. The fourth-order valence-corrected chi connectivity index (χ4v) is 3.79. The van der Waals surface area contributed by atoms with Crippen molar-refractivity contribution in [3.8, 4) is 0 Å². The normalized spacial score (nSPS) is 13.6. The molecule has 90 valence electrons. The highest BCUT2D eigenvalue weighted by Crippen LogP contribution is 2.51. The van der Waals surface area contributed by atoms with Crippen molar-refractivity contribution >= 4 is 13.1 Å². The van der Waals surface area contributed by atoms with Crippen LogP contribution in [0.5, 0.6) is 0 Å². The van der Waals surface area contributed by atoms with Crippen LogP contribution in [0.3, 0.4) is 0 Å². The molecule has 0 aromatic rings. The Labute approximate surface area is 93.0 Å². The smallest absolute Gasteiger partial charge is 0.306 e. The van der Waals surface area contributed by atoms with Crippen molar-refractivity contribution in [2.45, 2.75) is 52.8 Å². The molecular formula is C11H23O3P. The Balaban J connectivity index is 4.48. The van der Waals surface area contributed by atoms with Crippen LogP contribution in [0.4, 0.5) is 0 Å². The summed E-state index contributed by atoms with van der Waals surface area (Å²) in [5.74, 6) is -0.585. The van der Waals surface area contributed by atoms with E-state index in [2.05, 4.69) is 0 Å². The molecule has 0 aromatic heterocycles. The minimum atomic E-state index is -2.31. The molecule has 0 aliphatic carbocycles. The first-order chi connectivity index (χ1) is 7.03. The standard InChI is InChI=1S/C11H23O3P/c1-5-9-10(12)14-11(6-2)15(13,7-3)8-4/h11H,5-9H2,1-4H3. The third-order valence-corrected chi connectivity index (χ3v) is 6.33. The molecule has 1 unspecified atom stereocenters. The Kier molecular flexibility index (Phi) is 6.91. The second-order valence-corrected chi connectivity index (χ2v) is 7.43. The molecule has 1 atom stereocenters. The molecule has 0 saturated carbocycles. The van der Waals surface area contributed by atoms with Crippen LogP contribution < -0.4 is 0 Å². The molecule has 0 aromatic carbocycles. The van der Waals surface area contributed by atoms with Crippen LogP contribution in [0.2, 0.25) is 0 Å². The average molecular weight is 234 g/mol. The summed E-state index contributed by atoms with van der Waals surface area (Å²) >= 11 is 0. The minimum Gasteiger partial charge on any atom is -0.454 e. The van der Waals surface area contributed by atoms with Crippen LogP contribution in [-0.2, 0) is 14.1 Å². The number of esters is 1. The molecule has 0 N–H and O–H groups in total. The van der Waals surface area contributed by atoms with E-state index in [0.717, 1.165) is 6.42 Å². The number of carbonyl (C=O) groups is 1. The Morgan fingerprint density at radius 1 is 1.20 bits per heavy atom. The lowest BCUT2D eigenvalue weighted by atomic mass is 10.3. The molecule has 0 radical (unpaired) electrons. The fourth-order valence-electron chi connectivity index (χ4n) is 1.56. The van der Waals surface area contributed by atoms with Crippen molar-refractivity contribution in [1.82, 2.24) is 0 Å². The molecule has 0 fully saturated rings. The summed E-state index contributed by atoms with van der Waals surface area (Å²) < 4.78 is 17.6. The summed E-state index contributed by atoms with van der Waals surface area (Å²) in [5.41, 5.74) is 0.